The Hall–Kier alpha value is -2.58. The normalized spacial score (nSPS) is 15.1. The number of aryl methyl sites for hydroxylation is 1. The summed E-state index contributed by atoms with van der Waals surface area (Å²) in [6.07, 6.45) is 1.13. The highest BCUT2D eigenvalue weighted by molar-refractivity contribution is 7.92. The van der Waals surface area contributed by atoms with Crippen molar-refractivity contribution in [3.8, 4) is 22.8 Å². The summed E-state index contributed by atoms with van der Waals surface area (Å²) in [7, 11) is -0.408. The van der Waals surface area contributed by atoms with E-state index in [1.165, 1.54) is 19.8 Å². The van der Waals surface area contributed by atoms with Gasteiger partial charge in [0.2, 0.25) is 0 Å². The summed E-state index contributed by atoms with van der Waals surface area (Å²) in [5, 5.41) is 2.59. The number of ether oxygens (including phenoxy) is 2. The van der Waals surface area contributed by atoms with Crippen LogP contribution in [0.3, 0.4) is 0 Å². The van der Waals surface area contributed by atoms with Gasteiger partial charge in [-0.3, -0.25) is 0 Å². The van der Waals surface area contributed by atoms with Crippen LogP contribution in [0, 0.1) is 6.92 Å². The predicted octanol–water partition coefficient (Wildman–Crippen LogP) is 4.58. The highest BCUT2D eigenvalue weighted by atomic mass is 32.2. The summed E-state index contributed by atoms with van der Waals surface area (Å²) in [6.45, 7) is 3.40. The smallest absolute Gasteiger partial charge is 0.185 e. The fourth-order valence-corrected chi connectivity index (χ4v) is 6.44. The number of thiazole rings is 1. The Morgan fingerprint density at radius 1 is 1.00 bits per heavy atom. The molecule has 4 rings (SSSR count). The molecule has 1 aliphatic heterocycles. The molecule has 6 nitrogen and oxygen atoms in total. The van der Waals surface area contributed by atoms with Gasteiger partial charge in [-0.15, -0.1) is 11.3 Å². The van der Waals surface area contributed by atoms with Crippen molar-refractivity contribution in [2.24, 2.45) is 0 Å². The number of hydrogen-bond acceptors (Lipinski definition) is 7. The zero-order chi connectivity index (χ0) is 22.0. The standard InChI is InChI=1S/C23H26N2O4S2/c1-16-4-6-17(7-5-16)20-15-30-23(24-20)25-12-10-18(11-13-25)31(26,27)19-8-9-21(28-2)22(14-19)29-3/h4-9,14-15,18H,10-13H2,1-3H3. The fraction of sp³-hybridized carbons (Fsp3) is 0.348. The van der Waals surface area contributed by atoms with Gasteiger partial charge in [0.25, 0.3) is 0 Å². The Bertz CT molecular complexity index is 1150. The number of aromatic nitrogens is 1. The van der Waals surface area contributed by atoms with Gasteiger partial charge in [-0.2, -0.15) is 0 Å². The quantitative estimate of drug-likeness (QED) is 0.539. The third-order valence-electron chi connectivity index (χ3n) is 5.67. The molecule has 1 saturated heterocycles. The molecule has 0 unspecified atom stereocenters. The summed E-state index contributed by atoms with van der Waals surface area (Å²) in [6, 6.07) is 13.1. The second kappa shape index (κ2) is 8.88. The zero-order valence-electron chi connectivity index (χ0n) is 17.9. The van der Waals surface area contributed by atoms with Crippen LogP contribution >= 0.6 is 11.3 Å². The van der Waals surface area contributed by atoms with E-state index in [1.807, 2.05) is 0 Å². The van der Waals surface area contributed by atoms with Crippen LogP contribution in [0.4, 0.5) is 5.13 Å². The van der Waals surface area contributed by atoms with Crippen LogP contribution in [-0.2, 0) is 9.84 Å². The summed E-state index contributed by atoms with van der Waals surface area (Å²) in [5.41, 5.74) is 3.27. The number of sulfone groups is 1. The molecule has 2 aromatic carbocycles. The van der Waals surface area contributed by atoms with Crippen molar-refractivity contribution in [1.29, 1.82) is 0 Å². The summed E-state index contributed by atoms with van der Waals surface area (Å²) in [5.74, 6) is 0.942. The van der Waals surface area contributed by atoms with Gasteiger partial charge in [0.1, 0.15) is 0 Å². The number of piperidine rings is 1. The lowest BCUT2D eigenvalue weighted by Gasteiger charge is -2.31. The molecule has 3 aromatic rings. The zero-order valence-corrected chi connectivity index (χ0v) is 19.5. The van der Waals surface area contributed by atoms with E-state index in [0.29, 0.717) is 37.4 Å². The molecule has 1 aliphatic rings. The van der Waals surface area contributed by atoms with Crippen LogP contribution in [0.2, 0.25) is 0 Å². The Morgan fingerprint density at radius 2 is 1.68 bits per heavy atom. The minimum Gasteiger partial charge on any atom is -0.493 e. The number of methoxy groups -OCH3 is 2. The number of hydrogen-bond donors (Lipinski definition) is 0. The van der Waals surface area contributed by atoms with E-state index in [1.54, 1.807) is 29.5 Å². The first-order valence-corrected chi connectivity index (χ1v) is 12.6. The lowest BCUT2D eigenvalue weighted by Crippen LogP contribution is -2.39. The summed E-state index contributed by atoms with van der Waals surface area (Å²) < 4.78 is 36.9. The number of benzene rings is 2. The average molecular weight is 459 g/mol. The van der Waals surface area contributed by atoms with Crippen LogP contribution < -0.4 is 14.4 Å². The summed E-state index contributed by atoms with van der Waals surface area (Å²) >= 11 is 1.60. The molecule has 8 heteroatoms. The highest BCUT2D eigenvalue weighted by Gasteiger charge is 2.32. The third-order valence-corrected chi connectivity index (χ3v) is 8.84. The average Bonchev–Trinajstić information content (AvgIpc) is 3.29. The maximum Gasteiger partial charge on any atom is 0.185 e. The molecule has 0 atom stereocenters. The Morgan fingerprint density at radius 3 is 2.32 bits per heavy atom. The van der Waals surface area contributed by atoms with Gasteiger partial charge in [0.05, 0.1) is 30.1 Å². The molecule has 0 amide bonds. The van der Waals surface area contributed by atoms with Crippen molar-refractivity contribution < 1.29 is 17.9 Å². The molecular weight excluding hydrogens is 432 g/mol. The Kier molecular flexibility index (Phi) is 6.20. The molecule has 0 bridgehead atoms. The van der Waals surface area contributed by atoms with Gasteiger partial charge in [-0.05, 0) is 31.9 Å². The lowest BCUT2D eigenvalue weighted by molar-refractivity contribution is 0.354. The number of anilines is 1. The van der Waals surface area contributed by atoms with Gasteiger partial charge in [0.15, 0.2) is 26.5 Å². The van der Waals surface area contributed by atoms with Gasteiger partial charge in [-0.25, -0.2) is 13.4 Å². The molecule has 0 N–H and O–H groups in total. The SMILES string of the molecule is COc1ccc(S(=O)(=O)C2CCN(c3nc(-c4ccc(C)cc4)cs3)CC2)cc1OC. The predicted molar refractivity (Wildman–Crippen MR) is 124 cm³/mol. The maximum absolute atomic E-state index is 13.2. The van der Waals surface area contributed by atoms with Gasteiger partial charge in [0, 0.05) is 30.1 Å². The van der Waals surface area contributed by atoms with E-state index >= 15 is 0 Å². The van der Waals surface area contributed by atoms with Crippen molar-refractivity contribution in [1.82, 2.24) is 4.98 Å². The molecule has 0 spiro atoms. The van der Waals surface area contributed by atoms with Crippen molar-refractivity contribution >= 4 is 26.3 Å². The molecular formula is C23H26N2O4S2. The van der Waals surface area contributed by atoms with E-state index in [9.17, 15) is 8.42 Å². The van der Waals surface area contributed by atoms with Crippen molar-refractivity contribution in [3.63, 3.8) is 0 Å². The number of rotatable bonds is 6. The first-order valence-electron chi connectivity index (χ1n) is 10.2. The molecule has 1 fully saturated rings. The first kappa shape index (κ1) is 21.6. The largest absolute Gasteiger partial charge is 0.493 e. The second-order valence-corrected chi connectivity index (χ2v) is 10.7. The van der Waals surface area contributed by atoms with E-state index in [0.717, 1.165) is 16.4 Å². The second-order valence-electron chi connectivity index (χ2n) is 7.63. The maximum atomic E-state index is 13.2. The molecule has 0 aliphatic carbocycles. The van der Waals surface area contributed by atoms with E-state index < -0.39 is 15.1 Å². The monoisotopic (exact) mass is 458 g/mol. The van der Waals surface area contributed by atoms with Crippen LogP contribution in [-0.4, -0.2) is 46.0 Å². The van der Waals surface area contributed by atoms with Gasteiger partial charge < -0.3 is 14.4 Å². The highest BCUT2D eigenvalue weighted by Crippen LogP contribution is 2.34. The van der Waals surface area contributed by atoms with E-state index in [2.05, 4.69) is 41.5 Å². The topological polar surface area (TPSA) is 68.7 Å². The third kappa shape index (κ3) is 4.41. The minimum atomic E-state index is -3.45. The van der Waals surface area contributed by atoms with Crippen LogP contribution in [0.1, 0.15) is 18.4 Å². The van der Waals surface area contributed by atoms with E-state index in [-0.39, 0.29) is 4.90 Å². The summed E-state index contributed by atoms with van der Waals surface area (Å²) in [4.78, 5) is 7.25. The molecule has 164 valence electrons. The van der Waals surface area contributed by atoms with Crippen molar-refractivity contribution in [2.75, 3.05) is 32.2 Å². The van der Waals surface area contributed by atoms with Gasteiger partial charge >= 0.3 is 0 Å². The van der Waals surface area contributed by atoms with Crippen LogP contribution in [0.25, 0.3) is 11.3 Å². The molecule has 2 heterocycles. The van der Waals surface area contributed by atoms with Crippen molar-refractivity contribution in [2.45, 2.75) is 29.9 Å². The molecule has 0 radical (unpaired) electrons. The van der Waals surface area contributed by atoms with Gasteiger partial charge in [-0.1, -0.05) is 29.8 Å². The minimum absolute atomic E-state index is 0.277. The first-order chi connectivity index (χ1) is 14.9. The van der Waals surface area contributed by atoms with E-state index in [4.69, 9.17) is 14.5 Å². The Balaban J connectivity index is 1.45. The van der Waals surface area contributed by atoms with Crippen molar-refractivity contribution in [3.05, 3.63) is 53.4 Å². The Labute approximate surface area is 187 Å². The number of nitrogens with zero attached hydrogens (tertiary/aromatic N) is 2. The molecule has 1 aromatic heterocycles. The fourth-order valence-electron chi connectivity index (χ4n) is 3.81. The molecule has 0 saturated carbocycles. The lowest BCUT2D eigenvalue weighted by atomic mass is 10.1. The van der Waals surface area contributed by atoms with Crippen LogP contribution in [0.15, 0.2) is 52.7 Å². The van der Waals surface area contributed by atoms with Crippen LogP contribution in [0.5, 0.6) is 11.5 Å². The molecule has 31 heavy (non-hydrogen) atoms.